The number of hydrogen-bond acceptors (Lipinski definition) is 5. The summed E-state index contributed by atoms with van der Waals surface area (Å²) in [6.45, 7) is 0. The number of benzene rings is 1. The minimum atomic E-state index is -0.500. The number of halogens is 2. The van der Waals surface area contributed by atoms with Crippen molar-refractivity contribution in [2.45, 2.75) is 12.5 Å². The molecule has 6 nitrogen and oxygen atoms in total. The van der Waals surface area contributed by atoms with E-state index < -0.39 is 11.9 Å². The van der Waals surface area contributed by atoms with Gasteiger partial charge in [0.1, 0.15) is 5.82 Å². The predicted octanol–water partition coefficient (Wildman–Crippen LogP) is 2.49. The van der Waals surface area contributed by atoms with E-state index in [1.54, 1.807) is 12.5 Å². The third-order valence-electron chi connectivity index (χ3n) is 2.93. The maximum atomic E-state index is 13.1. The van der Waals surface area contributed by atoms with Crippen molar-refractivity contribution in [2.24, 2.45) is 5.73 Å². The maximum Gasteiger partial charge on any atom is 0.244 e. The summed E-state index contributed by atoms with van der Waals surface area (Å²) >= 11 is 5.73. The van der Waals surface area contributed by atoms with Gasteiger partial charge in [0.05, 0.1) is 17.4 Å². The van der Waals surface area contributed by atoms with E-state index in [0.717, 1.165) is 5.69 Å². The Morgan fingerprint density at radius 1 is 1.43 bits per heavy atom. The molecular formula is C13H11ClFN5O. The molecule has 0 saturated carbocycles. The Bertz CT molecular complexity index is 743. The first-order valence-electron chi connectivity index (χ1n) is 6.15. The van der Waals surface area contributed by atoms with Gasteiger partial charge in [-0.25, -0.2) is 9.37 Å². The van der Waals surface area contributed by atoms with Gasteiger partial charge in [0, 0.05) is 23.9 Å². The first kappa shape index (κ1) is 13.7. The van der Waals surface area contributed by atoms with E-state index in [0.29, 0.717) is 23.7 Å². The van der Waals surface area contributed by atoms with E-state index in [9.17, 15) is 4.39 Å². The predicted molar refractivity (Wildman–Crippen MR) is 73.9 cm³/mol. The molecule has 0 aliphatic carbocycles. The highest BCUT2D eigenvalue weighted by Gasteiger charge is 2.17. The van der Waals surface area contributed by atoms with Crippen molar-refractivity contribution >= 4 is 11.6 Å². The topological polar surface area (TPSA) is 93.6 Å². The molecule has 0 aliphatic rings. The number of aromatic amines is 1. The fourth-order valence-corrected chi connectivity index (χ4v) is 2.04. The molecule has 2 aromatic heterocycles. The molecule has 3 rings (SSSR count). The first-order valence-corrected chi connectivity index (χ1v) is 6.53. The van der Waals surface area contributed by atoms with Crippen LogP contribution in [0.15, 0.2) is 35.2 Å². The zero-order valence-electron chi connectivity index (χ0n) is 10.8. The first-order chi connectivity index (χ1) is 10.1. The van der Waals surface area contributed by atoms with Crippen molar-refractivity contribution in [3.63, 3.8) is 0 Å². The van der Waals surface area contributed by atoms with Gasteiger partial charge in [-0.2, -0.15) is 4.98 Å². The Morgan fingerprint density at radius 2 is 2.29 bits per heavy atom. The smallest absolute Gasteiger partial charge is 0.244 e. The van der Waals surface area contributed by atoms with Gasteiger partial charge in [-0.3, -0.25) is 0 Å². The molecule has 108 valence electrons. The van der Waals surface area contributed by atoms with E-state index in [2.05, 4.69) is 20.1 Å². The van der Waals surface area contributed by atoms with Crippen molar-refractivity contribution < 1.29 is 8.91 Å². The fourth-order valence-electron chi connectivity index (χ4n) is 1.86. The molecular weight excluding hydrogens is 297 g/mol. The van der Waals surface area contributed by atoms with Gasteiger partial charge >= 0.3 is 0 Å². The Morgan fingerprint density at radius 3 is 3.00 bits per heavy atom. The van der Waals surface area contributed by atoms with E-state index in [4.69, 9.17) is 21.9 Å². The number of H-pyrrole nitrogens is 1. The number of nitrogens with one attached hydrogen (secondary N) is 1. The average molecular weight is 308 g/mol. The molecule has 0 spiro atoms. The minimum absolute atomic E-state index is 0.000563. The van der Waals surface area contributed by atoms with E-state index in [1.165, 1.54) is 18.2 Å². The molecule has 3 N–H and O–H groups in total. The second kappa shape index (κ2) is 5.63. The molecule has 0 amide bonds. The Kier molecular flexibility index (Phi) is 3.68. The summed E-state index contributed by atoms with van der Waals surface area (Å²) in [6.07, 6.45) is 3.74. The van der Waals surface area contributed by atoms with Crippen LogP contribution in [0.2, 0.25) is 5.02 Å². The molecule has 0 radical (unpaired) electrons. The maximum absolute atomic E-state index is 13.1. The molecule has 0 aliphatic heterocycles. The number of rotatable bonds is 4. The number of hydrogen-bond donors (Lipinski definition) is 2. The van der Waals surface area contributed by atoms with Crippen LogP contribution in [-0.2, 0) is 6.42 Å². The highest BCUT2D eigenvalue weighted by molar-refractivity contribution is 6.31. The second-order valence-electron chi connectivity index (χ2n) is 4.47. The summed E-state index contributed by atoms with van der Waals surface area (Å²) < 4.78 is 18.3. The zero-order valence-corrected chi connectivity index (χ0v) is 11.5. The van der Waals surface area contributed by atoms with Crippen LogP contribution < -0.4 is 5.73 Å². The zero-order chi connectivity index (χ0) is 14.8. The lowest BCUT2D eigenvalue weighted by Gasteiger charge is -2.03. The van der Waals surface area contributed by atoms with Gasteiger partial charge in [-0.15, -0.1) is 0 Å². The number of nitrogens with two attached hydrogens (primary N) is 1. The largest absolute Gasteiger partial charge is 0.348 e. The SMILES string of the molecule is N[C@@H](Cc1cnc[nH]1)c1nc(-c2ccc(F)c(Cl)c2)no1. The molecule has 0 saturated heterocycles. The van der Waals surface area contributed by atoms with Crippen LogP contribution in [0.1, 0.15) is 17.6 Å². The molecule has 0 unspecified atom stereocenters. The van der Waals surface area contributed by atoms with Crippen LogP contribution in [0.3, 0.4) is 0 Å². The quantitative estimate of drug-likeness (QED) is 0.772. The minimum Gasteiger partial charge on any atom is -0.348 e. The molecule has 1 atom stereocenters. The van der Waals surface area contributed by atoms with Crippen LogP contribution in [0.4, 0.5) is 4.39 Å². The Hall–Kier alpha value is -2.25. The van der Waals surface area contributed by atoms with Crippen LogP contribution in [-0.4, -0.2) is 20.1 Å². The molecule has 0 fully saturated rings. The standard InChI is InChI=1S/C13H11ClFN5O/c14-9-3-7(1-2-10(9)15)12-19-13(21-20-12)11(16)4-8-5-17-6-18-8/h1-3,5-6,11H,4,16H2,(H,17,18)/t11-/m0/s1. The molecule has 1 aromatic carbocycles. The number of nitrogens with zero attached hydrogens (tertiary/aromatic N) is 3. The lowest BCUT2D eigenvalue weighted by Crippen LogP contribution is -2.13. The van der Waals surface area contributed by atoms with E-state index in [1.807, 2.05) is 0 Å². The van der Waals surface area contributed by atoms with Crippen LogP contribution in [0.25, 0.3) is 11.4 Å². The van der Waals surface area contributed by atoms with Gasteiger partial charge in [0.25, 0.3) is 0 Å². The second-order valence-corrected chi connectivity index (χ2v) is 4.88. The lowest BCUT2D eigenvalue weighted by atomic mass is 10.2. The Balaban J connectivity index is 1.80. The molecule has 8 heteroatoms. The summed E-state index contributed by atoms with van der Waals surface area (Å²) in [4.78, 5) is 11.1. The third kappa shape index (κ3) is 2.93. The van der Waals surface area contributed by atoms with Crippen molar-refractivity contribution in [1.29, 1.82) is 0 Å². The highest BCUT2D eigenvalue weighted by Crippen LogP contribution is 2.24. The van der Waals surface area contributed by atoms with Crippen molar-refractivity contribution in [1.82, 2.24) is 20.1 Å². The lowest BCUT2D eigenvalue weighted by molar-refractivity contribution is 0.354. The summed E-state index contributed by atoms with van der Waals surface area (Å²) in [5.74, 6) is 0.104. The fraction of sp³-hybridized carbons (Fsp3) is 0.154. The van der Waals surface area contributed by atoms with Gasteiger partial charge in [-0.1, -0.05) is 16.8 Å². The van der Waals surface area contributed by atoms with E-state index in [-0.39, 0.29) is 5.02 Å². The molecule has 3 aromatic rings. The number of aromatic nitrogens is 4. The van der Waals surface area contributed by atoms with Gasteiger partial charge in [0.15, 0.2) is 0 Å². The molecule has 0 bridgehead atoms. The summed E-state index contributed by atoms with van der Waals surface area (Å²) in [7, 11) is 0. The Labute approximate surface area is 124 Å². The summed E-state index contributed by atoms with van der Waals surface area (Å²) in [5, 5.41) is 3.84. The molecule has 2 heterocycles. The monoisotopic (exact) mass is 307 g/mol. The summed E-state index contributed by atoms with van der Waals surface area (Å²) in [5.41, 5.74) is 7.43. The van der Waals surface area contributed by atoms with Crippen LogP contribution in [0.5, 0.6) is 0 Å². The van der Waals surface area contributed by atoms with Crippen LogP contribution in [0, 0.1) is 5.82 Å². The van der Waals surface area contributed by atoms with Crippen molar-refractivity contribution in [2.75, 3.05) is 0 Å². The van der Waals surface area contributed by atoms with E-state index >= 15 is 0 Å². The van der Waals surface area contributed by atoms with Crippen LogP contribution >= 0.6 is 11.6 Å². The van der Waals surface area contributed by atoms with Gasteiger partial charge in [0.2, 0.25) is 11.7 Å². The van der Waals surface area contributed by atoms with Gasteiger partial charge < -0.3 is 15.2 Å². The third-order valence-corrected chi connectivity index (χ3v) is 3.22. The van der Waals surface area contributed by atoms with Gasteiger partial charge in [-0.05, 0) is 18.2 Å². The summed E-state index contributed by atoms with van der Waals surface area (Å²) in [6, 6.07) is 3.75. The highest BCUT2D eigenvalue weighted by atomic mass is 35.5. The average Bonchev–Trinajstić information content (AvgIpc) is 3.12. The van der Waals surface area contributed by atoms with Crippen molar-refractivity contribution in [3.8, 4) is 11.4 Å². The number of imidazole rings is 1. The molecule has 21 heavy (non-hydrogen) atoms. The normalized spacial score (nSPS) is 12.5. The van der Waals surface area contributed by atoms with Crippen molar-refractivity contribution in [3.05, 3.63) is 53.1 Å².